The Bertz CT molecular complexity index is 417. The molecule has 0 saturated heterocycles. The average Bonchev–Trinajstić information content (AvgIpc) is 2.29. The third-order valence-electron chi connectivity index (χ3n) is 2.09. The van der Waals surface area contributed by atoms with Gasteiger partial charge >= 0.3 is 11.9 Å². The van der Waals surface area contributed by atoms with Crippen LogP contribution in [0.3, 0.4) is 0 Å². The van der Waals surface area contributed by atoms with Gasteiger partial charge in [0.1, 0.15) is 11.6 Å². The van der Waals surface area contributed by atoms with Gasteiger partial charge in [-0.15, -0.1) is 0 Å². The molecule has 4 nitrogen and oxygen atoms in total. The Kier molecular flexibility index (Phi) is 5.84. The van der Waals surface area contributed by atoms with Gasteiger partial charge in [0.15, 0.2) is 0 Å². The van der Waals surface area contributed by atoms with Crippen LogP contribution in [-0.2, 0) is 14.3 Å². The lowest BCUT2D eigenvalue weighted by Gasteiger charge is -2.04. The molecule has 0 bridgehead atoms. The van der Waals surface area contributed by atoms with E-state index in [1.165, 1.54) is 18.2 Å². The molecule has 5 heteroatoms. The van der Waals surface area contributed by atoms with Gasteiger partial charge in [0.2, 0.25) is 0 Å². The molecule has 0 unspecified atom stereocenters. The number of halogens is 1. The highest BCUT2D eigenvalue weighted by atomic mass is 19.1. The van der Waals surface area contributed by atoms with E-state index in [0.717, 1.165) is 6.07 Å². The second-order valence-electron chi connectivity index (χ2n) is 3.59. The first-order chi connectivity index (χ1) is 8.61. The van der Waals surface area contributed by atoms with E-state index in [4.69, 9.17) is 9.47 Å². The molecule has 0 fully saturated rings. The first kappa shape index (κ1) is 14.2. The number of carbonyl (C=O) groups excluding carboxylic acids is 2. The maximum Gasteiger partial charge on any atom is 0.311 e. The number of rotatable bonds is 6. The summed E-state index contributed by atoms with van der Waals surface area (Å²) in [6.07, 6.45) is 0.619. The van der Waals surface area contributed by atoms with Crippen LogP contribution in [0.15, 0.2) is 24.3 Å². The lowest BCUT2D eigenvalue weighted by Crippen LogP contribution is -2.10. The third-order valence-corrected chi connectivity index (χ3v) is 2.09. The monoisotopic (exact) mass is 254 g/mol. The van der Waals surface area contributed by atoms with Gasteiger partial charge in [-0.1, -0.05) is 6.07 Å². The average molecular weight is 254 g/mol. The molecule has 0 spiro atoms. The van der Waals surface area contributed by atoms with Crippen LogP contribution < -0.4 is 4.74 Å². The maximum absolute atomic E-state index is 12.8. The van der Waals surface area contributed by atoms with Crippen molar-refractivity contribution in [2.75, 3.05) is 6.61 Å². The molecule has 0 aliphatic rings. The molecular formula is C13H15FO4. The van der Waals surface area contributed by atoms with Crippen LogP contribution in [0, 0.1) is 5.82 Å². The Morgan fingerprint density at radius 2 is 1.94 bits per heavy atom. The Morgan fingerprint density at radius 1 is 1.22 bits per heavy atom. The van der Waals surface area contributed by atoms with Gasteiger partial charge in [0.25, 0.3) is 0 Å². The molecule has 0 heterocycles. The maximum atomic E-state index is 12.8. The summed E-state index contributed by atoms with van der Waals surface area (Å²) in [6, 6.07) is 5.34. The van der Waals surface area contributed by atoms with Crippen molar-refractivity contribution in [1.82, 2.24) is 0 Å². The fourth-order valence-electron chi connectivity index (χ4n) is 1.32. The SMILES string of the molecule is CCOC(=O)CCCC(=O)Oc1cccc(F)c1. The Morgan fingerprint density at radius 3 is 2.61 bits per heavy atom. The van der Waals surface area contributed by atoms with Crippen LogP contribution in [0.25, 0.3) is 0 Å². The molecule has 0 radical (unpaired) electrons. The molecule has 0 aromatic heterocycles. The zero-order valence-corrected chi connectivity index (χ0v) is 10.1. The van der Waals surface area contributed by atoms with Crippen molar-refractivity contribution in [2.24, 2.45) is 0 Å². The minimum Gasteiger partial charge on any atom is -0.466 e. The van der Waals surface area contributed by atoms with E-state index < -0.39 is 11.8 Å². The second-order valence-corrected chi connectivity index (χ2v) is 3.59. The summed E-state index contributed by atoms with van der Waals surface area (Å²) in [5.74, 6) is -1.14. The van der Waals surface area contributed by atoms with Gasteiger partial charge in [0.05, 0.1) is 6.61 Å². The quantitative estimate of drug-likeness (QED) is 0.578. The largest absolute Gasteiger partial charge is 0.466 e. The van der Waals surface area contributed by atoms with Gasteiger partial charge in [-0.25, -0.2) is 4.39 Å². The topological polar surface area (TPSA) is 52.6 Å². The van der Waals surface area contributed by atoms with Gasteiger partial charge in [0, 0.05) is 18.9 Å². The summed E-state index contributed by atoms with van der Waals surface area (Å²) in [4.78, 5) is 22.4. The van der Waals surface area contributed by atoms with Gasteiger partial charge in [-0.3, -0.25) is 9.59 Å². The zero-order valence-electron chi connectivity index (χ0n) is 10.1. The van der Waals surface area contributed by atoms with Crippen molar-refractivity contribution in [3.8, 4) is 5.75 Å². The van der Waals surface area contributed by atoms with Gasteiger partial charge in [-0.2, -0.15) is 0 Å². The smallest absolute Gasteiger partial charge is 0.311 e. The summed E-state index contributed by atoms with van der Waals surface area (Å²) >= 11 is 0. The molecule has 0 aliphatic carbocycles. The van der Waals surface area contributed by atoms with Crippen molar-refractivity contribution in [3.63, 3.8) is 0 Å². The number of ether oxygens (including phenoxy) is 2. The highest BCUT2D eigenvalue weighted by Crippen LogP contribution is 2.13. The van der Waals surface area contributed by atoms with E-state index in [1.807, 2.05) is 0 Å². The third kappa shape index (κ3) is 5.43. The highest BCUT2D eigenvalue weighted by Gasteiger charge is 2.08. The van der Waals surface area contributed by atoms with Crippen LogP contribution in [0.4, 0.5) is 4.39 Å². The summed E-state index contributed by atoms with van der Waals surface area (Å²) < 4.78 is 22.4. The summed E-state index contributed by atoms with van der Waals surface area (Å²) in [5, 5.41) is 0. The number of benzene rings is 1. The first-order valence-corrected chi connectivity index (χ1v) is 5.73. The number of hydrogen-bond acceptors (Lipinski definition) is 4. The van der Waals surface area contributed by atoms with E-state index >= 15 is 0 Å². The van der Waals surface area contributed by atoms with Gasteiger partial charge in [-0.05, 0) is 25.5 Å². The number of hydrogen-bond donors (Lipinski definition) is 0. The molecule has 1 rings (SSSR count). The molecule has 0 atom stereocenters. The predicted octanol–water partition coefficient (Wildman–Crippen LogP) is 2.46. The van der Waals surface area contributed by atoms with Crippen LogP contribution in [0.2, 0.25) is 0 Å². The van der Waals surface area contributed by atoms with Crippen LogP contribution in [-0.4, -0.2) is 18.5 Å². The minimum atomic E-state index is -0.495. The summed E-state index contributed by atoms with van der Waals surface area (Å²) in [7, 11) is 0. The lowest BCUT2D eigenvalue weighted by molar-refractivity contribution is -0.143. The fraction of sp³-hybridized carbons (Fsp3) is 0.385. The zero-order chi connectivity index (χ0) is 13.4. The molecule has 0 amide bonds. The highest BCUT2D eigenvalue weighted by molar-refractivity contribution is 5.74. The standard InChI is InChI=1S/C13H15FO4/c1-2-17-12(15)7-4-8-13(16)18-11-6-3-5-10(14)9-11/h3,5-6,9H,2,4,7-8H2,1H3. The van der Waals surface area contributed by atoms with E-state index in [-0.39, 0.29) is 24.6 Å². The van der Waals surface area contributed by atoms with E-state index in [9.17, 15) is 14.0 Å². The number of carbonyl (C=O) groups is 2. The van der Waals surface area contributed by atoms with Crippen molar-refractivity contribution < 1.29 is 23.5 Å². The van der Waals surface area contributed by atoms with E-state index in [1.54, 1.807) is 6.92 Å². The van der Waals surface area contributed by atoms with E-state index in [0.29, 0.717) is 13.0 Å². The minimum absolute atomic E-state index is 0.0926. The first-order valence-electron chi connectivity index (χ1n) is 5.73. The summed E-state index contributed by atoms with van der Waals surface area (Å²) in [6.45, 7) is 2.04. The number of esters is 2. The Hall–Kier alpha value is -1.91. The molecule has 0 N–H and O–H groups in total. The fourth-order valence-corrected chi connectivity index (χ4v) is 1.32. The molecule has 0 saturated carbocycles. The van der Waals surface area contributed by atoms with Crippen LogP contribution >= 0.6 is 0 Å². The van der Waals surface area contributed by atoms with Crippen molar-refractivity contribution in [3.05, 3.63) is 30.1 Å². The normalized spacial score (nSPS) is 9.89. The Labute approximate surface area is 105 Å². The molecule has 98 valence electrons. The van der Waals surface area contributed by atoms with Crippen LogP contribution in [0.1, 0.15) is 26.2 Å². The predicted molar refractivity (Wildman–Crippen MR) is 62.5 cm³/mol. The lowest BCUT2D eigenvalue weighted by atomic mass is 10.2. The molecule has 0 aliphatic heterocycles. The Balaban J connectivity index is 2.28. The second kappa shape index (κ2) is 7.42. The molecule has 1 aromatic carbocycles. The van der Waals surface area contributed by atoms with Crippen molar-refractivity contribution in [1.29, 1.82) is 0 Å². The van der Waals surface area contributed by atoms with Crippen LogP contribution in [0.5, 0.6) is 5.75 Å². The van der Waals surface area contributed by atoms with Crippen molar-refractivity contribution in [2.45, 2.75) is 26.2 Å². The summed E-state index contributed by atoms with van der Waals surface area (Å²) in [5.41, 5.74) is 0. The van der Waals surface area contributed by atoms with E-state index in [2.05, 4.69) is 0 Å². The molecule has 1 aromatic rings. The molecule has 18 heavy (non-hydrogen) atoms. The molecular weight excluding hydrogens is 239 g/mol. The van der Waals surface area contributed by atoms with Gasteiger partial charge < -0.3 is 9.47 Å². The van der Waals surface area contributed by atoms with Crippen molar-refractivity contribution >= 4 is 11.9 Å².